The van der Waals surface area contributed by atoms with Gasteiger partial charge in [0.25, 0.3) is 5.91 Å². The van der Waals surface area contributed by atoms with Crippen LogP contribution >= 0.6 is 11.5 Å². The van der Waals surface area contributed by atoms with E-state index in [2.05, 4.69) is 30.2 Å². The molecule has 0 aliphatic carbocycles. The van der Waals surface area contributed by atoms with E-state index in [1.54, 1.807) is 6.92 Å². The van der Waals surface area contributed by atoms with Crippen molar-refractivity contribution in [2.75, 3.05) is 37.4 Å². The highest BCUT2D eigenvalue weighted by Crippen LogP contribution is 2.13. The fraction of sp³-hybridized carbons (Fsp3) is 0.462. The molecule has 118 valence electrons. The number of aryl methyl sites for hydroxylation is 2. The molecule has 0 bridgehead atoms. The van der Waals surface area contributed by atoms with Crippen LogP contribution in [-0.4, -0.2) is 52.6 Å². The quantitative estimate of drug-likeness (QED) is 0.762. The molecule has 0 aliphatic heterocycles. The normalized spacial score (nSPS) is 10.4. The van der Waals surface area contributed by atoms with Gasteiger partial charge in [-0.1, -0.05) is 4.49 Å². The van der Waals surface area contributed by atoms with Crippen molar-refractivity contribution in [3.05, 3.63) is 22.5 Å². The van der Waals surface area contributed by atoms with E-state index < -0.39 is 0 Å². The first-order valence-electron chi connectivity index (χ1n) is 6.81. The lowest BCUT2D eigenvalue weighted by Gasteiger charge is -2.14. The molecule has 0 saturated carbocycles. The Morgan fingerprint density at radius 3 is 2.68 bits per heavy atom. The second-order valence-corrected chi connectivity index (χ2v) is 5.68. The molecule has 2 heterocycles. The zero-order valence-electron chi connectivity index (χ0n) is 13.0. The van der Waals surface area contributed by atoms with Crippen LogP contribution in [0.2, 0.25) is 0 Å². The fourth-order valence-electron chi connectivity index (χ4n) is 1.76. The minimum Gasteiger partial charge on any atom is -0.368 e. The van der Waals surface area contributed by atoms with Gasteiger partial charge in [0, 0.05) is 33.3 Å². The summed E-state index contributed by atoms with van der Waals surface area (Å²) in [5.41, 5.74) is 0.650. The van der Waals surface area contributed by atoms with E-state index in [0.29, 0.717) is 29.5 Å². The zero-order valence-corrected chi connectivity index (χ0v) is 13.9. The van der Waals surface area contributed by atoms with Crippen LogP contribution in [0.15, 0.2) is 6.07 Å². The Balaban J connectivity index is 1.84. The Labute approximate surface area is 133 Å². The number of nitrogens with one attached hydrogen (secondary N) is 2. The van der Waals surface area contributed by atoms with Crippen LogP contribution in [0.3, 0.4) is 0 Å². The molecule has 8 nitrogen and oxygen atoms in total. The summed E-state index contributed by atoms with van der Waals surface area (Å²) < 4.78 is 3.75. The van der Waals surface area contributed by atoms with Crippen LogP contribution in [0.1, 0.15) is 21.2 Å². The second-order valence-electron chi connectivity index (χ2n) is 4.92. The number of rotatable bonds is 6. The minimum atomic E-state index is -0.151. The smallest absolute Gasteiger partial charge is 0.265 e. The predicted octanol–water partition coefficient (Wildman–Crippen LogP) is 0.853. The monoisotopic (exact) mass is 321 g/mol. The maximum absolute atomic E-state index is 11.9. The summed E-state index contributed by atoms with van der Waals surface area (Å²) >= 11 is 1.10. The average Bonchev–Trinajstić information content (AvgIpc) is 2.89. The molecule has 0 spiro atoms. The molecular formula is C13H19N7OS. The highest BCUT2D eigenvalue weighted by atomic mass is 32.1. The van der Waals surface area contributed by atoms with Gasteiger partial charge in [-0.05, 0) is 25.4 Å². The van der Waals surface area contributed by atoms with Crippen LogP contribution in [0, 0.1) is 13.8 Å². The molecule has 2 rings (SSSR count). The van der Waals surface area contributed by atoms with E-state index in [9.17, 15) is 4.79 Å². The highest BCUT2D eigenvalue weighted by molar-refractivity contribution is 7.07. The molecule has 0 aromatic carbocycles. The van der Waals surface area contributed by atoms with Crippen molar-refractivity contribution in [1.82, 2.24) is 24.9 Å². The first kappa shape index (κ1) is 16.1. The summed E-state index contributed by atoms with van der Waals surface area (Å²) in [6, 6.07) is 1.87. The first-order valence-corrected chi connectivity index (χ1v) is 7.58. The summed E-state index contributed by atoms with van der Waals surface area (Å²) in [5, 5.41) is 9.82. The third-order valence-electron chi connectivity index (χ3n) is 2.86. The highest BCUT2D eigenvalue weighted by Gasteiger charge is 2.12. The van der Waals surface area contributed by atoms with Gasteiger partial charge in [0.2, 0.25) is 0 Å². The number of amides is 1. The molecule has 2 aromatic heterocycles. The lowest BCUT2D eigenvalue weighted by atomic mass is 10.4. The number of carbonyl (C=O) groups is 1. The van der Waals surface area contributed by atoms with Crippen molar-refractivity contribution < 1.29 is 4.79 Å². The van der Waals surface area contributed by atoms with Gasteiger partial charge in [-0.15, -0.1) is 5.10 Å². The molecule has 22 heavy (non-hydrogen) atoms. The van der Waals surface area contributed by atoms with Gasteiger partial charge < -0.3 is 15.5 Å². The molecule has 0 fully saturated rings. The van der Waals surface area contributed by atoms with Crippen LogP contribution in [-0.2, 0) is 0 Å². The van der Waals surface area contributed by atoms with E-state index in [-0.39, 0.29) is 5.91 Å². The molecule has 0 atom stereocenters. The third kappa shape index (κ3) is 4.10. The summed E-state index contributed by atoms with van der Waals surface area (Å²) in [5.74, 6) is 2.12. The SMILES string of the molecule is Cc1nc(NCCNC(=O)c2snnc2C)cc(N(C)C)n1. The van der Waals surface area contributed by atoms with E-state index in [1.807, 2.05) is 32.0 Å². The van der Waals surface area contributed by atoms with Crippen LogP contribution in [0.4, 0.5) is 11.6 Å². The molecule has 2 N–H and O–H groups in total. The van der Waals surface area contributed by atoms with Gasteiger partial charge >= 0.3 is 0 Å². The lowest BCUT2D eigenvalue weighted by molar-refractivity contribution is 0.0958. The van der Waals surface area contributed by atoms with Crippen molar-refractivity contribution in [1.29, 1.82) is 0 Å². The topological polar surface area (TPSA) is 95.9 Å². The Morgan fingerprint density at radius 1 is 1.27 bits per heavy atom. The van der Waals surface area contributed by atoms with Gasteiger partial charge in [-0.25, -0.2) is 9.97 Å². The maximum Gasteiger partial charge on any atom is 0.265 e. The number of anilines is 2. The average molecular weight is 321 g/mol. The zero-order chi connectivity index (χ0) is 16.1. The Kier molecular flexibility index (Phi) is 5.21. The summed E-state index contributed by atoms with van der Waals surface area (Å²) in [6.45, 7) is 4.67. The van der Waals surface area contributed by atoms with E-state index >= 15 is 0 Å². The second kappa shape index (κ2) is 7.12. The van der Waals surface area contributed by atoms with E-state index in [4.69, 9.17) is 0 Å². The molecule has 0 aliphatic rings. The Morgan fingerprint density at radius 2 is 2.05 bits per heavy atom. The number of hydrogen-bond acceptors (Lipinski definition) is 8. The lowest BCUT2D eigenvalue weighted by Crippen LogP contribution is -2.28. The Bertz CT molecular complexity index is 656. The largest absolute Gasteiger partial charge is 0.368 e. The molecule has 1 amide bonds. The van der Waals surface area contributed by atoms with E-state index in [0.717, 1.165) is 23.2 Å². The van der Waals surface area contributed by atoms with Crippen molar-refractivity contribution in [3.63, 3.8) is 0 Å². The van der Waals surface area contributed by atoms with E-state index in [1.165, 1.54) is 0 Å². The molecule has 9 heteroatoms. The number of carbonyl (C=O) groups excluding carboxylic acids is 1. The maximum atomic E-state index is 11.9. The molecule has 0 saturated heterocycles. The molecule has 0 radical (unpaired) electrons. The van der Waals surface area contributed by atoms with Crippen molar-refractivity contribution >= 4 is 29.1 Å². The molecule has 2 aromatic rings. The number of aromatic nitrogens is 4. The molecule has 0 unspecified atom stereocenters. The summed E-state index contributed by atoms with van der Waals surface area (Å²) in [6.07, 6.45) is 0. The van der Waals surface area contributed by atoms with Crippen LogP contribution in [0.25, 0.3) is 0 Å². The van der Waals surface area contributed by atoms with Crippen molar-refractivity contribution in [2.45, 2.75) is 13.8 Å². The summed E-state index contributed by atoms with van der Waals surface area (Å²) in [4.78, 5) is 23.0. The summed E-state index contributed by atoms with van der Waals surface area (Å²) in [7, 11) is 3.86. The van der Waals surface area contributed by atoms with Gasteiger partial charge in [0.1, 0.15) is 22.3 Å². The number of hydrogen-bond donors (Lipinski definition) is 2. The van der Waals surface area contributed by atoms with Gasteiger partial charge in [0.05, 0.1) is 5.69 Å². The van der Waals surface area contributed by atoms with Gasteiger partial charge in [0.15, 0.2) is 0 Å². The van der Waals surface area contributed by atoms with Crippen molar-refractivity contribution in [2.24, 2.45) is 0 Å². The molecular weight excluding hydrogens is 302 g/mol. The minimum absolute atomic E-state index is 0.151. The van der Waals surface area contributed by atoms with Crippen molar-refractivity contribution in [3.8, 4) is 0 Å². The van der Waals surface area contributed by atoms with Crippen LogP contribution in [0.5, 0.6) is 0 Å². The number of nitrogens with zero attached hydrogens (tertiary/aromatic N) is 5. The Hall–Kier alpha value is -2.29. The fourth-order valence-corrected chi connectivity index (χ4v) is 2.33. The van der Waals surface area contributed by atoms with Gasteiger partial charge in [-0.3, -0.25) is 4.79 Å². The van der Waals surface area contributed by atoms with Gasteiger partial charge in [-0.2, -0.15) is 0 Å². The third-order valence-corrected chi connectivity index (χ3v) is 3.68. The van der Waals surface area contributed by atoms with Crippen LogP contribution < -0.4 is 15.5 Å². The first-order chi connectivity index (χ1) is 10.5. The standard InChI is InChI=1S/C13H19N7OS/c1-8-12(22-19-18-8)13(21)15-6-5-14-10-7-11(20(3)4)17-9(2)16-10/h7H,5-6H2,1-4H3,(H,15,21)(H,14,16,17). The predicted molar refractivity (Wildman–Crippen MR) is 86.6 cm³/mol.